The molecular formula is C9H22O4S. The van der Waals surface area contributed by atoms with Crippen LogP contribution in [0.2, 0.25) is 0 Å². The molecule has 0 aromatic carbocycles. The molecule has 0 fully saturated rings. The molecule has 0 aromatic heterocycles. The molecule has 1 N–H and O–H groups in total. The molecule has 0 atom stereocenters. The summed E-state index contributed by atoms with van der Waals surface area (Å²) in [5.74, 6) is 0. The lowest BCUT2D eigenvalue weighted by atomic mass is 10.2. The average Bonchev–Trinajstić information content (AvgIpc) is 2.01. The van der Waals surface area contributed by atoms with Gasteiger partial charge in [0.05, 0.1) is 6.26 Å². The van der Waals surface area contributed by atoms with E-state index in [4.69, 9.17) is 9.29 Å². The zero-order valence-electron chi connectivity index (χ0n) is 9.32. The highest BCUT2D eigenvalue weighted by Gasteiger charge is 1.85. The van der Waals surface area contributed by atoms with Crippen LogP contribution in [-0.4, -0.2) is 32.9 Å². The maximum atomic E-state index is 9.19. The number of hydrogen-bond donors (Lipinski definition) is 1. The minimum Gasteiger partial charge on any atom is -0.385 e. The largest absolute Gasteiger partial charge is 0.385 e. The van der Waals surface area contributed by atoms with Gasteiger partial charge in [-0.25, -0.2) is 0 Å². The van der Waals surface area contributed by atoms with E-state index in [1.54, 1.807) is 7.11 Å². The van der Waals surface area contributed by atoms with Crippen LogP contribution in [0, 0.1) is 0 Å². The first-order valence-corrected chi connectivity index (χ1v) is 6.68. The monoisotopic (exact) mass is 226 g/mol. The second kappa shape index (κ2) is 10.9. The zero-order chi connectivity index (χ0) is 11.4. The molecule has 0 bridgehead atoms. The van der Waals surface area contributed by atoms with Crippen LogP contribution < -0.4 is 0 Å². The van der Waals surface area contributed by atoms with Crippen molar-refractivity contribution in [1.82, 2.24) is 0 Å². The minimum atomic E-state index is -3.67. The first-order valence-electron chi connectivity index (χ1n) is 4.83. The standard InChI is InChI=1S/C8H18O.CH4O3S/c1-3-4-5-6-7-8-9-2;1-5(2,3)4/h3-8H2,1-2H3;1H3,(H,2,3,4). The molecule has 14 heavy (non-hydrogen) atoms. The van der Waals surface area contributed by atoms with E-state index in [0.717, 1.165) is 6.61 Å². The Bertz CT molecular complexity index is 173. The highest BCUT2D eigenvalue weighted by molar-refractivity contribution is 7.85. The van der Waals surface area contributed by atoms with E-state index in [1.165, 1.54) is 32.1 Å². The molecule has 0 spiro atoms. The molecule has 4 nitrogen and oxygen atoms in total. The summed E-state index contributed by atoms with van der Waals surface area (Å²) >= 11 is 0. The normalized spacial score (nSPS) is 10.6. The minimum absolute atomic E-state index is 0.715. The van der Waals surface area contributed by atoms with Crippen molar-refractivity contribution < 1.29 is 17.7 Å². The highest BCUT2D eigenvalue weighted by Crippen LogP contribution is 2.01. The van der Waals surface area contributed by atoms with Gasteiger partial charge in [0.15, 0.2) is 0 Å². The predicted octanol–water partition coefficient (Wildman–Crippen LogP) is 2.11. The van der Waals surface area contributed by atoms with Gasteiger partial charge in [0, 0.05) is 13.7 Å². The van der Waals surface area contributed by atoms with E-state index in [1.807, 2.05) is 0 Å². The number of hydrogen-bond acceptors (Lipinski definition) is 3. The third-order valence-corrected chi connectivity index (χ3v) is 1.45. The summed E-state index contributed by atoms with van der Waals surface area (Å²) in [5.41, 5.74) is 0. The lowest BCUT2D eigenvalue weighted by Crippen LogP contribution is -1.88. The van der Waals surface area contributed by atoms with Gasteiger partial charge in [0.2, 0.25) is 0 Å². The summed E-state index contributed by atoms with van der Waals surface area (Å²) in [5, 5.41) is 0. The number of unbranched alkanes of at least 4 members (excludes halogenated alkanes) is 4. The van der Waals surface area contributed by atoms with Crippen molar-refractivity contribution in [3.63, 3.8) is 0 Å². The lowest BCUT2D eigenvalue weighted by molar-refractivity contribution is 0.192. The van der Waals surface area contributed by atoms with Crippen LogP contribution in [0.3, 0.4) is 0 Å². The quantitative estimate of drug-likeness (QED) is 0.556. The summed E-state index contributed by atoms with van der Waals surface area (Å²) in [4.78, 5) is 0. The molecule has 5 heteroatoms. The van der Waals surface area contributed by atoms with Crippen molar-refractivity contribution in [2.75, 3.05) is 20.0 Å². The molecule has 0 aliphatic rings. The van der Waals surface area contributed by atoms with Crippen molar-refractivity contribution in [3.8, 4) is 0 Å². The van der Waals surface area contributed by atoms with Gasteiger partial charge in [-0.1, -0.05) is 32.6 Å². The van der Waals surface area contributed by atoms with Crippen LogP contribution in [0.15, 0.2) is 0 Å². The van der Waals surface area contributed by atoms with Crippen molar-refractivity contribution in [2.24, 2.45) is 0 Å². The Kier molecular flexibility index (Phi) is 12.8. The second-order valence-electron chi connectivity index (χ2n) is 3.14. The van der Waals surface area contributed by atoms with Gasteiger partial charge < -0.3 is 4.74 Å². The number of methoxy groups -OCH3 is 1. The van der Waals surface area contributed by atoms with Gasteiger partial charge in [-0.3, -0.25) is 4.55 Å². The Labute approximate surface area is 87.4 Å². The molecule has 0 saturated carbocycles. The molecule has 0 saturated heterocycles. The van der Waals surface area contributed by atoms with E-state index >= 15 is 0 Å². The Morgan fingerprint density at radius 1 is 1.14 bits per heavy atom. The van der Waals surface area contributed by atoms with Crippen LogP contribution in [0.4, 0.5) is 0 Å². The SMILES string of the molecule is CCCCCCCOC.CS(=O)(=O)O. The van der Waals surface area contributed by atoms with Gasteiger partial charge >= 0.3 is 0 Å². The molecule has 0 amide bonds. The van der Waals surface area contributed by atoms with Gasteiger partial charge in [-0.2, -0.15) is 8.42 Å². The number of rotatable bonds is 6. The summed E-state index contributed by atoms with van der Waals surface area (Å²) in [6.07, 6.45) is 7.36. The Morgan fingerprint density at radius 2 is 1.57 bits per heavy atom. The summed E-state index contributed by atoms with van der Waals surface area (Å²) in [7, 11) is -1.90. The van der Waals surface area contributed by atoms with Crippen molar-refractivity contribution >= 4 is 10.1 Å². The Morgan fingerprint density at radius 3 is 1.93 bits per heavy atom. The average molecular weight is 226 g/mol. The lowest BCUT2D eigenvalue weighted by Gasteiger charge is -1.97. The molecular weight excluding hydrogens is 204 g/mol. The summed E-state index contributed by atoms with van der Waals surface area (Å²) < 4.78 is 30.8. The molecule has 0 rings (SSSR count). The molecule has 0 unspecified atom stereocenters. The molecule has 0 aromatic rings. The van der Waals surface area contributed by atoms with Crippen molar-refractivity contribution in [2.45, 2.75) is 39.0 Å². The smallest absolute Gasteiger partial charge is 0.261 e. The van der Waals surface area contributed by atoms with E-state index in [0.29, 0.717) is 6.26 Å². The molecule has 0 radical (unpaired) electrons. The third-order valence-electron chi connectivity index (χ3n) is 1.45. The van der Waals surface area contributed by atoms with Crippen molar-refractivity contribution in [3.05, 3.63) is 0 Å². The van der Waals surface area contributed by atoms with Crippen LogP contribution in [0.5, 0.6) is 0 Å². The van der Waals surface area contributed by atoms with Gasteiger partial charge in [0.25, 0.3) is 10.1 Å². The second-order valence-corrected chi connectivity index (χ2v) is 4.61. The van der Waals surface area contributed by atoms with Crippen LogP contribution >= 0.6 is 0 Å². The van der Waals surface area contributed by atoms with Gasteiger partial charge in [-0.15, -0.1) is 0 Å². The fourth-order valence-electron chi connectivity index (χ4n) is 0.850. The van der Waals surface area contributed by atoms with Crippen LogP contribution in [-0.2, 0) is 14.9 Å². The van der Waals surface area contributed by atoms with Crippen LogP contribution in [0.1, 0.15) is 39.0 Å². The number of ether oxygens (including phenoxy) is 1. The van der Waals surface area contributed by atoms with Crippen molar-refractivity contribution in [1.29, 1.82) is 0 Å². The zero-order valence-corrected chi connectivity index (χ0v) is 10.1. The molecule has 0 aliphatic heterocycles. The third kappa shape index (κ3) is 40.7. The van der Waals surface area contributed by atoms with E-state index < -0.39 is 10.1 Å². The maximum Gasteiger partial charge on any atom is 0.261 e. The Hall–Kier alpha value is -0.130. The first kappa shape index (κ1) is 16.3. The van der Waals surface area contributed by atoms with Gasteiger partial charge in [0.1, 0.15) is 0 Å². The summed E-state index contributed by atoms with van der Waals surface area (Å²) in [6, 6.07) is 0. The molecule has 0 aliphatic carbocycles. The molecule has 0 heterocycles. The van der Waals surface area contributed by atoms with E-state index in [-0.39, 0.29) is 0 Å². The maximum absolute atomic E-state index is 9.19. The molecule has 88 valence electrons. The van der Waals surface area contributed by atoms with E-state index in [9.17, 15) is 8.42 Å². The fraction of sp³-hybridized carbons (Fsp3) is 1.00. The first-order chi connectivity index (χ1) is 6.41. The summed E-state index contributed by atoms with van der Waals surface area (Å²) in [6.45, 7) is 3.17. The van der Waals surface area contributed by atoms with Crippen LogP contribution in [0.25, 0.3) is 0 Å². The fourth-order valence-corrected chi connectivity index (χ4v) is 0.850. The predicted molar refractivity (Wildman–Crippen MR) is 58.1 cm³/mol. The Balaban J connectivity index is 0. The van der Waals surface area contributed by atoms with Gasteiger partial charge in [-0.05, 0) is 6.42 Å². The topological polar surface area (TPSA) is 63.6 Å². The van der Waals surface area contributed by atoms with E-state index in [2.05, 4.69) is 6.92 Å². The highest BCUT2D eigenvalue weighted by atomic mass is 32.2.